The summed E-state index contributed by atoms with van der Waals surface area (Å²) in [6.07, 6.45) is 1.14. The van der Waals surface area contributed by atoms with Gasteiger partial charge in [0.2, 0.25) is 5.76 Å². The molecule has 0 N–H and O–H groups in total. The van der Waals surface area contributed by atoms with Crippen LogP contribution in [0.5, 0.6) is 5.75 Å². The molecule has 2 aromatic rings. The lowest BCUT2D eigenvalue weighted by Crippen LogP contribution is -2.22. The van der Waals surface area contributed by atoms with Gasteiger partial charge in [-0.3, -0.25) is 0 Å². The van der Waals surface area contributed by atoms with Crippen LogP contribution in [0.25, 0.3) is 5.57 Å². The summed E-state index contributed by atoms with van der Waals surface area (Å²) in [6, 6.07) is 6.25. The number of carbonyl (C=O) groups excluding carboxylic acids is 1. The first kappa shape index (κ1) is 18.0. The molecule has 0 aliphatic carbocycles. The van der Waals surface area contributed by atoms with Gasteiger partial charge < -0.3 is 9.47 Å². The molecule has 0 unspecified atom stereocenters. The van der Waals surface area contributed by atoms with Gasteiger partial charge in [-0.05, 0) is 31.5 Å². The van der Waals surface area contributed by atoms with Gasteiger partial charge in [-0.15, -0.1) is 11.3 Å². The van der Waals surface area contributed by atoms with Crippen molar-refractivity contribution in [3.8, 4) is 5.75 Å². The Morgan fingerprint density at radius 3 is 2.32 bits per heavy atom. The van der Waals surface area contributed by atoms with Gasteiger partial charge in [-0.2, -0.15) is 0 Å². The average molecular weight is 399 g/mol. The van der Waals surface area contributed by atoms with E-state index in [1.165, 1.54) is 23.5 Å². The zero-order valence-electron chi connectivity index (χ0n) is 13.7. The third-order valence-electron chi connectivity index (χ3n) is 3.73. The molecule has 2 heterocycles. The molecule has 0 spiro atoms. The maximum atomic E-state index is 12.3. The van der Waals surface area contributed by atoms with Gasteiger partial charge in [0.05, 0.1) is 15.5 Å². The van der Waals surface area contributed by atoms with Crippen LogP contribution in [0.2, 0.25) is 5.02 Å². The number of halogens is 1. The summed E-state index contributed by atoms with van der Waals surface area (Å²) in [5.41, 5.74) is 0.269. The highest BCUT2D eigenvalue weighted by atomic mass is 35.5. The first-order valence-electron chi connectivity index (χ1n) is 7.28. The molecular formula is C17H15ClO5S2. The van der Waals surface area contributed by atoms with E-state index in [1.54, 1.807) is 36.7 Å². The van der Waals surface area contributed by atoms with Crippen molar-refractivity contribution >= 4 is 44.3 Å². The summed E-state index contributed by atoms with van der Waals surface area (Å²) in [7, 11) is -3.30. The maximum absolute atomic E-state index is 12.3. The Labute approximate surface area is 154 Å². The topological polar surface area (TPSA) is 69.7 Å². The molecule has 0 atom stereocenters. The maximum Gasteiger partial charge on any atom is 0.375 e. The van der Waals surface area contributed by atoms with E-state index < -0.39 is 21.4 Å². The largest absolute Gasteiger partial charge is 0.449 e. The number of esters is 1. The molecule has 0 fully saturated rings. The van der Waals surface area contributed by atoms with E-state index in [1.807, 2.05) is 0 Å². The van der Waals surface area contributed by atoms with Gasteiger partial charge in [0.1, 0.15) is 5.60 Å². The van der Waals surface area contributed by atoms with Gasteiger partial charge in [0, 0.05) is 17.0 Å². The molecule has 5 nitrogen and oxygen atoms in total. The average Bonchev–Trinajstić information content (AvgIpc) is 2.99. The summed E-state index contributed by atoms with van der Waals surface area (Å²) in [5, 5.41) is 3.80. The Morgan fingerprint density at radius 1 is 1.16 bits per heavy atom. The van der Waals surface area contributed by atoms with Crippen LogP contribution in [0.4, 0.5) is 0 Å². The molecule has 0 amide bonds. The summed E-state index contributed by atoms with van der Waals surface area (Å²) >= 11 is 7.40. The summed E-state index contributed by atoms with van der Waals surface area (Å²) < 4.78 is 34.4. The van der Waals surface area contributed by atoms with E-state index in [4.69, 9.17) is 21.1 Å². The molecule has 0 saturated carbocycles. The van der Waals surface area contributed by atoms with Crippen molar-refractivity contribution in [2.24, 2.45) is 0 Å². The van der Waals surface area contributed by atoms with E-state index in [0.29, 0.717) is 21.9 Å². The minimum atomic E-state index is -3.30. The van der Waals surface area contributed by atoms with Gasteiger partial charge in [0.15, 0.2) is 15.6 Å². The standard InChI is InChI=1S/C17H15ClO5S2/c1-17(2)14(10-4-6-11(7-5-10)25(3,20)21)15(16(19)23-17)22-13-9-24-8-12(13)18/h4-9H,1-3H3. The molecule has 1 aliphatic rings. The van der Waals surface area contributed by atoms with Crippen molar-refractivity contribution in [3.05, 3.63) is 51.4 Å². The third kappa shape index (κ3) is 3.44. The van der Waals surface area contributed by atoms with Crippen molar-refractivity contribution in [2.45, 2.75) is 24.3 Å². The quantitative estimate of drug-likeness (QED) is 0.730. The molecule has 3 rings (SSSR count). The van der Waals surface area contributed by atoms with E-state index in [-0.39, 0.29) is 10.7 Å². The highest BCUT2D eigenvalue weighted by Gasteiger charge is 2.43. The van der Waals surface area contributed by atoms with Crippen molar-refractivity contribution in [3.63, 3.8) is 0 Å². The lowest BCUT2D eigenvalue weighted by atomic mass is 9.92. The molecule has 132 valence electrons. The van der Waals surface area contributed by atoms with Crippen LogP contribution < -0.4 is 4.74 Å². The number of thiophene rings is 1. The van der Waals surface area contributed by atoms with E-state index in [2.05, 4.69) is 0 Å². The molecule has 1 aliphatic heterocycles. The van der Waals surface area contributed by atoms with Crippen LogP contribution in [0.1, 0.15) is 19.4 Å². The van der Waals surface area contributed by atoms with Gasteiger partial charge in [0.25, 0.3) is 0 Å². The second kappa shape index (κ2) is 6.16. The number of rotatable bonds is 4. The van der Waals surface area contributed by atoms with Crippen LogP contribution in [-0.2, 0) is 19.4 Å². The fraction of sp³-hybridized carbons (Fsp3) is 0.235. The molecular weight excluding hydrogens is 384 g/mol. The van der Waals surface area contributed by atoms with Crippen LogP contribution in [0, 0.1) is 0 Å². The summed E-state index contributed by atoms with van der Waals surface area (Å²) in [5.74, 6) is -0.159. The van der Waals surface area contributed by atoms with E-state index in [0.717, 1.165) is 6.26 Å². The van der Waals surface area contributed by atoms with Crippen LogP contribution in [0.3, 0.4) is 0 Å². The minimum Gasteiger partial charge on any atom is -0.449 e. The smallest absolute Gasteiger partial charge is 0.375 e. The van der Waals surface area contributed by atoms with Crippen molar-refractivity contribution in [1.82, 2.24) is 0 Å². The Hall–Kier alpha value is -1.83. The highest BCUT2D eigenvalue weighted by molar-refractivity contribution is 7.90. The molecule has 25 heavy (non-hydrogen) atoms. The Bertz CT molecular complexity index is 969. The predicted molar refractivity (Wildman–Crippen MR) is 96.6 cm³/mol. The van der Waals surface area contributed by atoms with Crippen LogP contribution in [0.15, 0.2) is 45.7 Å². The molecule has 0 bridgehead atoms. The summed E-state index contributed by atoms with van der Waals surface area (Å²) in [6.45, 7) is 3.49. The Balaban J connectivity index is 2.10. The van der Waals surface area contributed by atoms with E-state index >= 15 is 0 Å². The fourth-order valence-corrected chi connectivity index (χ4v) is 4.14. The van der Waals surface area contributed by atoms with Crippen LogP contribution >= 0.6 is 22.9 Å². The van der Waals surface area contributed by atoms with E-state index in [9.17, 15) is 13.2 Å². The molecule has 8 heteroatoms. The first-order chi connectivity index (χ1) is 11.6. The van der Waals surface area contributed by atoms with Gasteiger partial charge in [-0.25, -0.2) is 13.2 Å². The lowest BCUT2D eigenvalue weighted by Gasteiger charge is -2.21. The first-order valence-corrected chi connectivity index (χ1v) is 10.5. The zero-order chi connectivity index (χ0) is 18.4. The molecule has 1 aromatic heterocycles. The molecule has 0 saturated heterocycles. The number of ether oxygens (including phenoxy) is 2. The van der Waals surface area contributed by atoms with Crippen molar-refractivity contribution in [1.29, 1.82) is 0 Å². The normalized spacial score (nSPS) is 16.9. The van der Waals surface area contributed by atoms with Crippen molar-refractivity contribution < 1.29 is 22.7 Å². The predicted octanol–water partition coefficient (Wildman–Crippen LogP) is 3.93. The second-order valence-electron chi connectivity index (χ2n) is 6.09. The molecule has 1 aromatic carbocycles. The highest BCUT2D eigenvalue weighted by Crippen LogP contribution is 2.42. The Morgan fingerprint density at radius 2 is 1.80 bits per heavy atom. The summed E-state index contributed by atoms with van der Waals surface area (Å²) in [4.78, 5) is 12.5. The van der Waals surface area contributed by atoms with Gasteiger partial charge in [-0.1, -0.05) is 23.7 Å². The number of hydrogen-bond donors (Lipinski definition) is 0. The number of hydrogen-bond acceptors (Lipinski definition) is 6. The van der Waals surface area contributed by atoms with Crippen molar-refractivity contribution in [2.75, 3.05) is 6.26 Å². The molecule has 0 radical (unpaired) electrons. The lowest BCUT2D eigenvalue weighted by molar-refractivity contribution is -0.145. The SMILES string of the molecule is CC1(C)OC(=O)C(Oc2cscc2Cl)=C1c1ccc(S(C)(=O)=O)cc1. The number of sulfone groups is 1. The number of cyclic esters (lactones) is 1. The minimum absolute atomic E-state index is 0.0532. The zero-order valence-corrected chi connectivity index (χ0v) is 16.1. The van der Waals surface area contributed by atoms with Gasteiger partial charge >= 0.3 is 5.97 Å². The second-order valence-corrected chi connectivity index (χ2v) is 9.25. The Kier molecular flexibility index (Phi) is 4.43. The monoisotopic (exact) mass is 398 g/mol. The van der Waals surface area contributed by atoms with Crippen LogP contribution in [-0.4, -0.2) is 26.2 Å². The number of benzene rings is 1. The number of carbonyl (C=O) groups is 1. The third-order valence-corrected chi connectivity index (χ3v) is 6.00. The fourth-order valence-electron chi connectivity index (χ4n) is 2.60.